The van der Waals surface area contributed by atoms with E-state index in [9.17, 15) is 9.59 Å². The largest absolute Gasteiger partial charge is 0.460 e. The van der Waals surface area contributed by atoms with Crippen molar-refractivity contribution in [2.45, 2.75) is 62.3 Å². The molecule has 6 heteroatoms. The van der Waals surface area contributed by atoms with Crippen LogP contribution in [-0.2, 0) is 19.1 Å². The van der Waals surface area contributed by atoms with Gasteiger partial charge in [-0.2, -0.15) is 0 Å². The van der Waals surface area contributed by atoms with Gasteiger partial charge in [0.2, 0.25) is 0 Å². The lowest BCUT2D eigenvalue weighted by Gasteiger charge is -2.36. The Morgan fingerprint density at radius 2 is 1.64 bits per heavy atom. The predicted molar refractivity (Wildman–Crippen MR) is 131 cm³/mol. The van der Waals surface area contributed by atoms with Crippen LogP contribution in [-0.4, -0.2) is 31.2 Å². The van der Waals surface area contributed by atoms with E-state index in [0.717, 1.165) is 34.0 Å². The molecule has 0 saturated heterocycles. The molecule has 1 fully saturated rings. The summed E-state index contributed by atoms with van der Waals surface area (Å²) < 4.78 is 11.0. The first-order valence-corrected chi connectivity index (χ1v) is 12.7. The zero-order valence-electron chi connectivity index (χ0n) is 19.7. The van der Waals surface area contributed by atoms with Gasteiger partial charge in [-0.05, 0) is 54.9 Å². The number of carbonyl (C=O) groups excluding carboxylic acids is 2. The average molecular weight is 468 g/mol. The van der Waals surface area contributed by atoms with Crippen LogP contribution in [0.15, 0.2) is 58.3 Å². The van der Waals surface area contributed by atoms with Gasteiger partial charge in [-0.3, -0.25) is 4.79 Å². The third kappa shape index (κ3) is 5.72. The highest BCUT2D eigenvalue weighted by Crippen LogP contribution is 2.47. The number of benzene rings is 2. The third-order valence-electron chi connectivity index (χ3n) is 6.67. The van der Waals surface area contributed by atoms with Crippen molar-refractivity contribution in [2.75, 3.05) is 18.1 Å². The summed E-state index contributed by atoms with van der Waals surface area (Å²) in [7, 11) is 0. The van der Waals surface area contributed by atoms with Crippen LogP contribution in [0.2, 0.25) is 0 Å². The Bertz CT molecular complexity index is 946. The molecule has 2 aliphatic rings. The Kier molecular flexibility index (Phi) is 7.63. The molecule has 0 unspecified atom stereocenters. The fourth-order valence-electron chi connectivity index (χ4n) is 4.89. The molecule has 0 radical (unpaired) electrons. The molecule has 4 rings (SSSR count). The number of para-hydroxylation sites is 2. The van der Waals surface area contributed by atoms with Crippen molar-refractivity contribution in [2.24, 2.45) is 17.8 Å². The van der Waals surface area contributed by atoms with E-state index < -0.39 is 11.9 Å². The molecule has 3 atom stereocenters. The monoisotopic (exact) mass is 467 g/mol. The van der Waals surface area contributed by atoms with Crippen LogP contribution in [0.1, 0.15) is 46.5 Å². The second-order valence-electron chi connectivity index (χ2n) is 9.45. The number of nitrogens with zero attached hydrogens (tertiary/aromatic N) is 1. The average Bonchev–Trinajstić information content (AvgIpc) is 2.80. The Morgan fingerprint density at radius 1 is 1.00 bits per heavy atom. The van der Waals surface area contributed by atoms with Crippen molar-refractivity contribution in [3.8, 4) is 0 Å². The Balaban J connectivity index is 1.31. The van der Waals surface area contributed by atoms with Gasteiger partial charge < -0.3 is 14.4 Å². The fraction of sp³-hybridized carbons (Fsp3) is 0.481. The van der Waals surface area contributed by atoms with Crippen molar-refractivity contribution >= 4 is 35.1 Å². The zero-order valence-corrected chi connectivity index (χ0v) is 20.5. The van der Waals surface area contributed by atoms with E-state index in [1.807, 2.05) is 24.3 Å². The molecule has 0 amide bonds. The molecular weight excluding hydrogens is 434 g/mol. The summed E-state index contributed by atoms with van der Waals surface area (Å²) in [4.78, 5) is 29.4. The van der Waals surface area contributed by atoms with E-state index in [1.165, 1.54) is 6.42 Å². The fourth-order valence-corrected chi connectivity index (χ4v) is 5.99. The first-order chi connectivity index (χ1) is 15.9. The smallest absolute Gasteiger partial charge is 0.344 e. The number of carbonyl (C=O) groups is 2. The molecule has 1 heterocycles. The quantitative estimate of drug-likeness (QED) is 0.450. The number of esters is 2. The summed E-state index contributed by atoms with van der Waals surface area (Å²) in [6.45, 7) is 6.72. The van der Waals surface area contributed by atoms with Crippen LogP contribution in [0.4, 0.5) is 11.4 Å². The molecular formula is C27H33NO4S. The van der Waals surface area contributed by atoms with Crippen LogP contribution in [0.5, 0.6) is 0 Å². The summed E-state index contributed by atoms with van der Waals surface area (Å²) in [5.41, 5.74) is 2.17. The van der Waals surface area contributed by atoms with Crippen LogP contribution in [0.25, 0.3) is 0 Å². The van der Waals surface area contributed by atoms with Crippen molar-refractivity contribution in [1.82, 2.24) is 0 Å². The maximum Gasteiger partial charge on any atom is 0.344 e. The van der Waals surface area contributed by atoms with Gasteiger partial charge in [0.05, 0.1) is 17.8 Å². The lowest BCUT2D eigenvalue weighted by atomic mass is 9.75. The molecule has 0 aromatic heterocycles. The van der Waals surface area contributed by atoms with E-state index in [1.54, 1.807) is 11.8 Å². The van der Waals surface area contributed by atoms with Crippen molar-refractivity contribution in [1.29, 1.82) is 0 Å². The number of hydrogen-bond acceptors (Lipinski definition) is 6. The first-order valence-electron chi connectivity index (χ1n) is 11.9. The predicted octanol–water partition coefficient (Wildman–Crippen LogP) is 6.23. The third-order valence-corrected chi connectivity index (χ3v) is 7.80. The lowest BCUT2D eigenvalue weighted by molar-refractivity contribution is -0.167. The van der Waals surface area contributed by atoms with E-state index in [-0.39, 0.29) is 19.1 Å². The second kappa shape index (κ2) is 10.6. The van der Waals surface area contributed by atoms with Crippen LogP contribution >= 0.6 is 11.8 Å². The molecule has 176 valence electrons. The van der Waals surface area contributed by atoms with E-state index in [4.69, 9.17) is 9.47 Å². The molecule has 2 aromatic carbocycles. The highest BCUT2D eigenvalue weighted by Gasteiger charge is 2.33. The van der Waals surface area contributed by atoms with Crippen molar-refractivity contribution in [3.63, 3.8) is 0 Å². The summed E-state index contributed by atoms with van der Waals surface area (Å²) in [6.07, 6.45) is 3.24. The zero-order chi connectivity index (χ0) is 23.4. The van der Waals surface area contributed by atoms with Gasteiger partial charge in [0.25, 0.3) is 0 Å². The van der Waals surface area contributed by atoms with Gasteiger partial charge in [-0.15, -0.1) is 0 Å². The number of hydrogen-bond donors (Lipinski definition) is 0. The van der Waals surface area contributed by atoms with Gasteiger partial charge >= 0.3 is 11.9 Å². The van der Waals surface area contributed by atoms with E-state index in [0.29, 0.717) is 24.3 Å². The van der Waals surface area contributed by atoms with Crippen molar-refractivity contribution < 1.29 is 19.1 Å². The molecule has 1 aliphatic carbocycles. The number of ether oxygens (including phenoxy) is 2. The Hall–Kier alpha value is -2.47. The van der Waals surface area contributed by atoms with Gasteiger partial charge in [-0.25, -0.2) is 4.79 Å². The van der Waals surface area contributed by atoms with E-state index in [2.05, 4.69) is 49.9 Å². The first kappa shape index (κ1) is 23.7. The molecule has 1 saturated carbocycles. The minimum absolute atomic E-state index is 0.0844. The number of anilines is 2. The van der Waals surface area contributed by atoms with Crippen LogP contribution < -0.4 is 4.90 Å². The highest BCUT2D eigenvalue weighted by molar-refractivity contribution is 7.99. The molecule has 0 bridgehead atoms. The maximum absolute atomic E-state index is 12.5. The minimum atomic E-state index is -0.446. The summed E-state index contributed by atoms with van der Waals surface area (Å²) >= 11 is 1.73. The molecule has 1 aliphatic heterocycles. The standard InChI is InChI=1S/C27H33NO4S/c1-18(2)20-13-12-19(3)16-23(20)32-27(30)17-31-26(29)14-15-28-21-8-4-6-10-24(21)33-25-11-7-5-9-22(25)28/h4-11,18-20,23H,12-17H2,1-3H3/t19-,20+,23-/m0/s1. The Labute approximate surface area is 200 Å². The topological polar surface area (TPSA) is 55.8 Å². The van der Waals surface area contributed by atoms with Crippen LogP contribution in [0.3, 0.4) is 0 Å². The molecule has 0 spiro atoms. The van der Waals surface area contributed by atoms with Gasteiger partial charge in [0.1, 0.15) is 6.10 Å². The van der Waals surface area contributed by atoms with Gasteiger partial charge in [0.15, 0.2) is 6.61 Å². The van der Waals surface area contributed by atoms with Crippen LogP contribution in [0, 0.1) is 17.8 Å². The Morgan fingerprint density at radius 3 is 2.27 bits per heavy atom. The molecule has 33 heavy (non-hydrogen) atoms. The second-order valence-corrected chi connectivity index (χ2v) is 10.5. The molecule has 0 N–H and O–H groups in total. The molecule has 2 aromatic rings. The molecule has 5 nitrogen and oxygen atoms in total. The lowest BCUT2D eigenvalue weighted by Crippen LogP contribution is -2.37. The highest BCUT2D eigenvalue weighted by atomic mass is 32.2. The SMILES string of the molecule is CC(C)[C@H]1CC[C@H](C)C[C@@H]1OC(=O)COC(=O)CCN1c2ccccc2Sc2ccccc21. The van der Waals surface area contributed by atoms with Gasteiger partial charge in [0, 0.05) is 16.3 Å². The number of fused-ring (bicyclic) bond motifs is 2. The summed E-state index contributed by atoms with van der Waals surface area (Å²) in [5, 5.41) is 0. The summed E-state index contributed by atoms with van der Waals surface area (Å²) in [5.74, 6) is 0.550. The number of rotatable bonds is 7. The minimum Gasteiger partial charge on any atom is -0.460 e. The normalized spacial score (nSPS) is 21.8. The maximum atomic E-state index is 12.5. The van der Waals surface area contributed by atoms with Crippen molar-refractivity contribution in [3.05, 3.63) is 48.5 Å². The summed E-state index contributed by atoms with van der Waals surface area (Å²) in [6, 6.07) is 16.4. The van der Waals surface area contributed by atoms with Gasteiger partial charge in [-0.1, -0.05) is 63.2 Å². The van der Waals surface area contributed by atoms with E-state index >= 15 is 0 Å².